The number of likely N-dealkylation sites (tertiary alicyclic amines) is 1. The molecule has 20 heavy (non-hydrogen) atoms. The molecule has 1 N–H and O–H groups in total. The van der Waals surface area contributed by atoms with Gasteiger partial charge in [-0.25, -0.2) is 4.98 Å². The molecule has 1 aliphatic rings. The lowest BCUT2D eigenvalue weighted by Gasteiger charge is -2.34. The van der Waals surface area contributed by atoms with Crippen LogP contribution in [-0.4, -0.2) is 41.3 Å². The van der Waals surface area contributed by atoms with E-state index in [1.165, 1.54) is 12.3 Å². The summed E-state index contributed by atoms with van der Waals surface area (Å²) in [5.74, 6) is -0.371. The highest BCUT2D eigenvalue weighted by molar-refractivity contribution is 5.97. The number of carbonyl (C=O) groups is 2. The van der Waals surface area contributed by atoms with Crippen LogP contribution in [-0.2, 0) is 4.79 Å². The second-order valence-electron chi connectivity index (χ2n) is 4.67. The number of nitrogens with zero attached hydrogens (tertiary/aromatic N) is 3. The first-order chi connectivity index (χ1) is 9.67. The van der Waals surface area contributed by atoms with Crippen LogP contribution in [0.2, 0.25) is 0 Å². The lowest BCUT2D eigenvalue weighted by Crippen LogP contribution is -2.51. The predicted molar refractivity (Wildman–Crippen MR) is 71.7 cm³/mol. The molecule has 2 amide bonds. The van der Waals surface area contributed by atoms with Crippen molar-refractivity contribution in [3.8, 4) is 6.07 Å². The van der Waals surface area contributed by atoms with E-state index in [0.29, 0.717) is 18.5 Å². The van der Waals surface area contributed by atoms with Gasteiger partial charge in [0.05, 0.1) is 0 Å². The van der Waals surface area contributed by atoms with E-state index in [1.807, 2.05) is 6.07 Å². The summed E-state index contributed by atoms with van der Waals surface area (Å²) in [6.45, 7) is 0.557. The van der Waals surface area contributed by atoms with E-state index in [4.69, 9.17) is 5.26 Å². The summed E-state index contributed by atoms with van der Waals surface area (Å²) in [5, 5.41) is 11.4. The Morgan fingerprint density at radius 3 is 3.00 bits per heavy atom. The minimum Gasteiger partial charge on any atom is -0.357 e. The van der Waals surface area contributed by atoms with Crippen molar-refractivity contribution in [1.82, 2.24) is 15.2 Å². The number of aromatic nitrogens is 1. The molecule has 2 rings (SSSR count). The topological polar surface area (TPSA) is 86.1 Å². The molecule has 0 bridgehead atoms. The molecule has 1 unspecified atom stereocenters. The van der Waals surface area contributed by atoms with Crippen molar-refractivity contribution < 1.29 is 9.59 Å². The van der Waals surface area contributed by atoms with E-state index in [9.17, 15) is 9.59 Å². The molecule has 1 aromatic heterocycles. The van der Waals surface area contributed by atoms with Crippen LogP contribution in [0.3, 0.4) is 0 Å². The van der Waals surface area contributed by atoms with E-state index in [0.717, 1.165) is 12.8 Å². The minimum absolute atomic E-state index is 0.146. The highest BCUT2D eigenvalue weighted by Gasteiger charge is 2.32. The van der Waals surface area contributed by atoms with E-state index in [1.54, 1.807) is 18.0 Å². The zero-order chi connectivity index (χ0) is 14.5. The second kappa shape index (κ2) is 6.15. The summed E-state index contributed by atoms with van der Waals surface area (Å²) in [6.07, 6.45) is 3.92. The van der Waals surface area contributed by atoms with Crippen LogP contribution >= 0.6 is 0 Å². The van der Waals surface area contributed by atoms with Gasteiger partial charge in [-0.15, -0.1) is 0 Å². The van der Waals surface area contributed by atoms with Gasteiger partial charge in [-0.1, -0.05) is 0 Å². The Morgan fingerprint density at radius 1 is 1.50 bits per heavy atom. The van der Waals surface area contributed by atoms with Crippen molar-refractivity contribution >= 4 is 11.8 Å². The molecule has 0 saturated carbocycles. The van der Waals surface area contributed by atoms with Crippen molar-refractivity contribution in [3.63, 3.8) is 0 Å². The van der Waals surface area contributed by atoms with Gasteiger partial charge in [-0.3, -0.25) is 9.59 Å². The van der Waals surface area contributed by atoms with E-state index >= 15 is 0 Å². The third kappa shape index (κ3) is 2.77. The number of nitriles is 1. The van der Waals surface area contributed by atoms with Gasteiger partial charge in [0.25, 0.3) is 5.91 Å². The number of pyridine rings is 1. The normalized spacial score (nSPS) is 18.2. The summed E-state index contributed by atoms with van der Waals surface area (Å²) in [5.41, 5.74) is 0.594. The fourth-order valence-electron chi connectivity index (χ4n) is 2.40. The number of carbonyl (C=O) groups excluding carboxylic acids is 2. The van der Waals surface area contributed by atoms with Gasteiger partial charge < -0.3 is 10.2 Å². The lowest BCUT2D eigenvalue weighted by molar-refractivity contribution is -0.126. The summed E-state index contributed by atoms with van der Waals surface area (Å²) in [4.78, 5) is 29.8. The first-order valence-corrected chi connectivity index (χ1v) is 6.56. The minimum atomic E-state index is -0.431. The van der Waals surface area contributed by atoms with Crippen LogP contribution in [0.15, 0.2) is 18.3 Å². The van der Waals surface area contributed by atoms with Gasteiger partial charge in [0.2, 0.25) is 5.91 Å². The van der Waals surface area contributed by atoms with Gasteiger partial charge >= 0.3 is 0 Å². The predicted octanol–water partition coefficient (Wildman–Crippen LogP) is 0.694. The molecule has 1 atom stereocenters. The molecular weight excluding hydrogens is 256 g/mol. The van der Waals surface area contributed by atoms with Crippen LogP contribution in [0.25, 0.3) is 0 Å². The van der Waals surface area contributed by atoms with Crippen LogP contribution in [0.1, 0.15) is 35.3 Å². The van der Waals surface area contributed by atoms with Gasteiger partial charge in [0.1, 0.15) is 17.8 Å². The summed E-state index contributed by atoms with van der Waals surface area (Å²) >= 11 is 0. The zero-order valence-electron chi connectivity index (χ0n) is 11.3. The number of piperidine rings is 1. The maximum Gasteiger partial charge on any atom is 0.254 e. The molecule has 0 aromatic carbocycles. The molecular formula is C14H16N4O2. The number of nitrogens with one attached hydrogen (secondary N) is 1. The average molecular weight is 272 g/mol. The molecule has 2 heterocycles. The molecule has 6 heteroatoms. The Balaban J connectivity index is 2.25. The average Bonchev–Trinajstić information content (AvgIpc) is 2.53. The van der Waals surface area contributed by atoms with Crippen LogP contribution in [0.5, 0.6) is 0 Å². The van der Waals surface area contributed by atoms with E-state index < -0.39 is 6.04 Å². The molecule has 1 fully saturated rings. The SMILES string of the molecule is CNC(=O)C1CCCCN1C(=O)c1ccnc(C#N)c1. The Kier molecular flexibility index (Phi) is 4.31. The first-order valence-electron chi connectivity index (χ1n) is 6.56. The smallest absolute Gasteiger partial charge is 0.254 e. The Bertz CT molecular complexity index is 565. The summed E-state index contributed by atoms with van der Waals surface area (Å²) in [6, 6.07) is 4.50. The number of hydrogen-bond donors (Lipinski definition) is 1. The van der Waals surface area contributed by atoms with Gasteiger partial charge in [-0.05, 0) is 31.4 Å². The van der Waals surface area contributed by atoms with Crippen LogP contribution in [0.4, 0.5) is 0 Å². The highest BCUT2D eigenvalue weighted by atomic mass is 16.2. The Hall–Kier alpha value is -2.42. The number of rotatable bonds is 2. The number of likely N-dealkylation sites (N-methyl/N-ethyl adjacent to an activating group) is 1. The summed E-state index contributed by atoms with van der Waals surface area (Å²) < 4.78 is 0. The third-order valence-electron chi connectivity index (χ3n) is 3.43. The largest absolute Gasteiger partial charge is 0.357 e. The molecule has 0 spiro atoms. The number of amides is 2. The third-order valence-corrected chi connectivity index (χ3v) is 3.43. The van der Waals surface area contributed by atoms with E-state index in [-0.39, 0.29) is 17.5 Å². The lowest BCUT2D eigenvalue weighted by atomic mass is 10.00. The van der Waals surface area contributed by atoms with Crippen molar-refractivity contribution in [2.45, 2.75) is 25.3 Å². The fourth-order valence-corrected chi connectivity index (χ4v) is 2.40. The quantitative estimate of drug-likeness (QED) is 0.858. The second-order valence-corrected chi connectivity index (χ2v) is 4.67. The monoisotopic (exact) mass is 272 g/mol. The molecule has 104 valence electrons. The van der Waals surface area contributed by atoms with Crippen molar-refractivity contribution in [1.29, 1.82) is 5.26 Å². The van der Waals surface area contributed by atoms with Crippen molar-refractivity contribution in [3.05, 3.63) is 29.6 Å². The van der Waals surface area contributed by atoms with Gasteiger partial charge in [0.15, 0.2) is 0 Å². The van der Waals surface area contributed by atoms with Crippen molar-refractivity contribution in [2.75, 3.05) is 13.6 Å². The van der Waals surface area contributed by atoms with Crippen LogP contribution in [0, 0.1) is 11.3 Å². The Labute approximate surface area is 117 Å². The zero-order valence-corrected chi connectivity index (χ0v) is 11.3. The maximum absolute atomic E-state index is 12.5. The molecule has 0 radical (unpaired) electrons. The molecule has 1 aromatic rings. The standard InChI is InChI=1S/C14H16N4O2/c1-16-13(19)12-4-2-3-7-18(12)14(20)10-5-6-17-11(8-10)9-15/h5-6,8,12H,2-4,7H2,1H3,(H,16,19). The molecule has 1 saturated heterocycles. The molecule has 6 nitrogen and oxygen atoms in total. The maximum atomic E-state index is 12.5. The molecule has 1 aliphatic heterocycles. The highest BCUT2D eigenvalue weighted by Crippen LogP contribution is 2.20. The van der Waals surface area contributed by atoms with Gasteiger partial charge in [0, 0.05) is 25.4 Å². The van der Waals surface area contributed by atoms with Crippen LogP contribution < -0.4 is 5.32 Å². The molecule has 0 aliphatic carbocycles. The first kappa shape index (κ1) is 14.0. The van der Waals surface area contributed by atoms with Crippen molar-refractivity contribution in [2.24, 2.45) is 0 Å². The Morgan fingerprint density at radius 2 is 2.30 bits per heavy atom. The van der Waals surface area contributed by atoms with Gasteiger partial charge in [-0.2, -0.15) is 5.26 Å². The van der Waals surface area contributed by atoms with E-state index in [2.05, 4.69) is 10.3 Å². The number of hydrogen-bond acceptors (Lipinski definition) is 4. The summed E-state index contributed by atoms with van der Waals surface area (Å²) in [7, 11) is 1.57. The fraction of sp³-hybridized carbons (Fsp3) is 0.429.